The summed E-state index contributed by atoms with van der Waals surface area (Å²) in [7, 11) is 6.48. The van der Waals surface area contributed by atoms with Gasteiger partial charge < -0.3 is 98.4 Å². The van der Waals surface area contributed by atoms with E-state index >= 15 is 38.4 Å². The van der Waals surface area contributed by atoms with Crippen LogP contribution in [-0.2, 0) is 115 Å². The molecule has 0 saturated carbocycles. The highest BCUT2D eigenvalue weighted by Crippen LogP contribution is 2.26. The number of aliphatic carboxylic acids is 1. The number of phenolic OH excluding ortho intramolecular Hbond substituents is 2. The number of hydrogen-bond donors (Lipinski definition) is 14. The van der Waals surface area contributed by atoms with Gasteiger partial charge in [0.2, 0.25) is 88.6 Å². The maximum atomic E-state index is 15.6. The molecule has 8 rings (SSSR count). The van der Waals surface area contributed by atoms with Crippen molar-refractivity contribution in [3.63, 3.8) is 0 Å². The topological polar surface area (TPSA) is 500 Å². The maximum Gasteiger partial charge on any atom is 0.305 e. The van der Waals surface area contributed by atoms with Crippen LogP contribution in [0.4, 0.5) is 0 Å². The number of halogens is 1. The summed E-state index contributed by atoms with van der Waals surface area (Å²) in [5, 5.41) is 55.7. The molecule has 11 unspecified atom stereocenters. The Balaban J connectivity index is 1.22. The van der Waals surface area contributed by atoms with Gasteiger partial charge in [0.15, 0.2) is 0 Å². The van der Waals surface area contributed by atoms with Gasteiger partial charge in [-0.05, 0) is 94.5 Å². The highest BCUT2D eigenvalue weighted by Gasteiger charge is 2.42. The van der Waals surface area contributed by atoms with Crippen molar-refractivity contribution in [3.8, 4) is 11.5 Å². The molecule has 1 aliphatic rings. The predicted octanol–water partition coefficient (Wildman–Crippen LogP) is 2.98. The number of para-hydroxylation sites is 1. The van der Waals surface area contributed by atoms with Crippen molar-refractivity contribution >= 4 is 129 Å². The minimum atomic E-state index is -1.91. The number of amides is 15. The van der Waals surface area contributed by atoms with Gasteiger partial charge in [0.05, 0.1) is 31.8 Å². The molecule has 1 saturated heterocycles. The zero-order chi connectivity index (χ0) is 95.2. The Morgan fingerprint density at radius 1 is 0.477 bits per heavy atom. The number of hydrogen-bond acceptors (Lipinski definition) is 19. The van der Waals surface area contributed by atoms with Crippen LogP contribution >= 0.6 is 23.4 Å². The van der Waals surface area contributed by atoms with E-state index in [2.05, 4.69) is 52.8 Å². The Morgan fingerprint density at radius 2 is 0.946 bits per heavy atom. The summed E-state index contributed by atoms with van der Waals surface area (Å²) in [6.07, 6.45) is -0.140. The molecule has 15 N–H and O–H groups in total. The minimum absolute atomic E-state index is 0.0145. The molecule has 37 heteroatoms. The summed E-state index contributed by atoms with van der Waals surface area (Å²) >= 11 is 7.55. The number of carbonyl (C=O) groups excluding carboxylic acids is 15. The van der Waals surface area contributed by atoms with Gasteiger partial charge in [-0.2, -0.15) is 0 Å². The summed E-state index contributed by atoms with van der Waals surface area (Å²) in [6.45, 7) is 6.12. The average Bonchev–Trinajstić information content (AvgIpc) is 1.48. The first kappa shape index (κ1) is 102. The lowest BCUT2D eigenvalue weighted by molar-refractivity contribution is -0.151. The van der Waals surface area contributed by atoms with Crippen molar-refractivity contribution in [3.05, 3.63) is 202 Å². The smallest absolute Gasteiger partial charge is 0.305 e. The number of aromatic amines is 1. The number of H-pyrrole nitrogens is 1. The molecule has 1 aliphatic heterocycles. The lowest BCUT2D eigenvalue weighted by atomic mass is 9.98. The van der Waals surface area contributed by atoms with E-state index in [0.29, 0.717) is 57.1 Å². The van der Waals surface area contributed by atoms with Crippen LogP contribution in [0.3, 0.4) is 0 Å². The van der Waals surface area contributed by atoms with E-state index in [4.69, 9.17) is 17.3 Å². The number of nitrogens with zero attached hydrogens (tertiary/aromatic N) is 5. The second-order valence-corrected chi connectivity index (χ2v) is 34.6. The lowest BCUT2D eigenvalue weighted by Crippen LogP contribution is -2.61. The third kappa shape index (κ3) is 30.4. The van der Waals surface area contributed by atoms with Gasteiger partial charge in [0, 0.05) is 102 Å². The van der Waals surface area contributed by atoms with E-state index < -0.39 is 205 Å². The largest absolute Gasteiger partial charge is 0.508 e. The van der Waals surface area contributed by atoms with Crippen molar-refractivity contribution in [2.75, 3.05) is 66.4 Å². The van der Waals surface area contributed by atoms with Crippen LogP contribution in [-0.4, -0.2) is 272 Å². The van der Waals surface area contributed by atoms with Crippen LogP contribution in [0, 0.1) is 11.8 Å². The Hall–Kier alpha value is -13.4. The van der Waals surface area contributed by atoms with Crippen LogP contribution in [0.15, 0.2) is 164 Å². The number of primary amides is 1. The van der Waals surface area contributed by atoms with Gasteiger partial charge in [0.1, 0.15) is 78.0 Å². The van der Waals surface area contributed by atoms with Crippen LogP contribution in [0.25, 0.3) is 10.9 Å². The Kier molecular flexibility index (Phi) is 38.6. The molecular formula is C93H117ClN16O19S. The molecule has 7 aromatic rings. The summed E-state index contributed by atoms with van der Waals surface area (Å²) in [5.41, 5.74) is 8.89. The van der Waals surface area contributed by atoms with E-state index in [1.165, 1.54) is 83.8 Å². The molecular weight excluding hydrogens is 1710 g/mol. The van der Waals surface area contributed by atoms with Gasteiger partial charge in [-0.15, -0.1) is 11.8 Å². The highest BCUT2D eigenvalue weighted by atomic mass is 35.5. The summed E-state index contributed by atoms with van der Waals surface area (Å²) in [5.74, 6) is -17.7. The van der Waals surface area contributed by atoms with Crippen molar-refractivity contribution in [2.24, 2.45) is 17.6 Å². The number of carboxylic acids is 1. The summed E-state index contributed by atoms with van der Waals surface area (Å²) in [4.78, 5) is 244. The summed E-state index contributed by atoms with van der Waals surface area (Å²) < 4.78 is 0. The van der Waals surface area contributed by atoms with E-state index in [-0.39, 0.29) is 73.8 Å². The van der Waals surface area contributed by atoms with Crippen LogP contribution in [0.1, 0.15) is 100 Å². The number of aromatic nitrogens is 1. The quantitative estimate of drug-likeness (QED) is 0.0438. The molecule has 0 aliphatic carbocycles. The molecule has 2 heterocycles. The average molecular weight is 1830 g/mol. The number of rotatable bonds is 23. The zero-order valence-electron chi connectivity index (χ0n) is 74.4. The molecule has 1 aromatic heterocycles. The molecule has 1 fully saturated rings. The molecule has 15 amide bonds. The fourth-order valence-corrected chi connectivity index (χ4v) is 16.1. The molecule has 35 nitrogen and oxygen atoms in total. The fraction of sp³-hybridized carbons (Fsp3) is 0.419. The number of phenols is 2. The number of nitrogens with two attached hydrogens (primary N) is 1. The zero-order valence-corrected chi connectivity index (χ0v) is 76.0. The van der Waals surface area contributed by atoms with Gasteiger partial charge in [-0.3, -0.25) is 76.7 Å². The molecule has 0 spiro atoms. The number of thioether (sulfide) groups is 1. The third-order valence-corrected chi connectivity index (χ3v) is 23.6. The number of unbranched alkanes of at least 4 members (excludes halogenated alkanes) is 1. The van der Waals surface area contributed by atoms with Crippen LogP contribution in [0.2, 0.25) is 5.02 Å². The van der Waals surface area contributed by atoms with Crippen molar-refractivity contribution in [1.29, 1.82) is 0 Å². The van der Waals surface area contributed by atoms with E-state index in [1.54, 1.807) is 143 Å². The number of likely N-dealkylation sites (N-methyl/N-ethyl adjacent to an activating group) is 5. The van der Waals surface area contributed by atoms with Crippen molar-refractivity contribution in [1.82, 2.24) is 77.3 Å². The Labute approximate surface area is 763 Å². The minimum Gasteiger partial charge on any atom is -0.508 e. The SMILES string of the molecule is CCCCC1C(=O)N(C)CC(=O)NC(CC(=O)O)C(=O)NC(C(C)C)C(=O)N(C)C(Cc2ccccc2)C(=O)NC(Cc2ccc(O)cc2)C(=O)N(C)CC(=O)NC(Cc2c[nH]c3ccccc23)C(=O)NC(Cc2ccc(O)cc2)C(=O)NC(CC(C)C)C(=O)NC(C(=O)NCC(N)=O)CSCC(=O)NC(Cc2ccccc2Cl)C(=O)N(C)C(Cc2ccccc2)C(=O)N1C. The maximum absolute atomic E-state index is 15.6. The first-order valence-corrected chi connectivity index (χ1v) is 44.3. The second-order valence-electron chi connectivity index (χ2n) is 33.2. The molecule has 130 heavy (non-hydrogen) atoms. The number of carboxylic acid groups (broad SMARTS) is 1. The van der Waals surface area contributed by atoms with E-state index in [0.717, 1.165) is 36.3 Å². The number of aromatic hydroxyl groups is 2. The van der Waals surface area contributed by atoms with Crippen molar-refractivity contribution in [2.45, 2.75) is 172 Å². The Bertz CT molecular complexity index is 5140. The lowest BCUT2D eigenvalue weighted by Gasteiger charge is -2.37. The normalized spacial score (nSPS) is 21.8. The first-order valence-electron chi connectivity index (χ1n) is 42.8. The van der Waals surface area contributed by atoms with E-state index in [1.807, 2.05) is 6.92 Å². The van der Waals surface area contributed by atoms with Gasteiger partial charge in [-0.25, -0.2) is 0 Å². The van der Waals surface area contributed by atoms with Crippen LogP contribution < -0.4 is 53.6 Å². The number of carbonyl (C=O) groups is 16. The summed E-state index contributed by atoms with van der Waals surface area (Å²) in [6, 6.07) is 24.8. The van der Waals surface area contributed by atoms with Gasteiger partial charge in [0.25, 0.3) is 0 Å². The predicted molar refractivity (Wildman–Crippen MR) is 487 cm³/mol. The molecule has 0 bridgehead atoms. The molecule has 696 valence electrons. The first-order chi connectivity index (χ1) is 61.8. The van der Waals surface area contributed by atoms with Gasteiger partial charge in [-0.1, -0.05) is 180 Å². The molecule has 11 atom stereocenters. The number of nitrogens with one attached hydrogen (secondary N) is 10. The van der Waals surface area contributed by atoms with Gasteiger partial charge >= 0.3 is 5.97 Å². The third-order valence-electron chi connectivity index (χ3n) is 22.2. The molecule has 0 radical (unpaired) electrons. The monoisotopic (exact) mass is 1830 g/mol. The molecule has 6 aromatic carbocycles. The number of benzene rings is 6. The Morgan fingerprint density at radius 3 is 1.52 bits per heavy atom. The van der Waals surface area contributed by atoms with Crippen LogP contribution in [0.5, 0.6) is 11.5 Å². The fourth-order valence-electron chi connectivity index (χ4n) is 15.0. The highest BCUT2D eigenvalue weighted by molar-refractivity contribution is 8.00. The standard InChI is InChI=1S/C93H117ClN16O19S/c1-11-12-31-74-91(127)107(7)51-79(115)99-70(47-81(117)118)87(123)105-82(55(4)5)93(129)109(9)75(43-56-23-15-13-16-24-56)88(124)103-71(42-59-34-38-63(112)39-35-59)89(125)106(6)50-78(114)98-69(46-61-48-96-66-30-22-20-28-64(61)66)86(122)102-68(41-58-32-36-62(111)37-33-58)85(121)101-67(40-54(2)3)84(120)104-73(83(119)97-49-77(95)113)52-130-53-80(116)100-72(45-60-27-19-21-29-65(60)94)90(126)110(10)76(92(128)108(74)8)44-57-25-17-14-18-26-57/h13-30,32-39,48,54-55,67-76,82,96,111-112H,11-12,31,40-47,49-53H2,1-10H3,(H2,95,113)(H,97,119)(H,98,114)(H,99,115)(H,100,116)(H,101,121)(H,102,122)(H,103,124)(H,104,120)(H,105,123)(H,117,118). The second kappa shape index (κ2) is 49.2. The number of fused-ring (bicyclic) bond motifs is 1. The van der Waals surface area contributed by atoms with Crippen molar-refractivity contribution < 1.29 is 92.0 Å². The van der Waals surface area contributed by atoms with E-state index in [9.17, 15) is 53.7 Å².